The molecule has 4 aliphatic rings. The number of benzene rings is 2. The van der Waals surface area contributed by atoms with E-state index in [0.717, 1.165) is 30.0 Å². The Labute approximate surface area is 234 Å². The molecule has 8 heteroatoms. The van der Waals surface area contributed by atoms with Crippen molar-refractivity contribution in [1.82, 2.24) is 4.90 Å². The number of hydrogen-bond acceptors (Lipinski definition) is 6. The summed E-state index contributed by atoms with van der Waals surface area (Å²) < 4.78 is 12.3. The van der Waals surface area contributed by atoms with Crippen molar-refractivity contribution in [2.45, 2.75) is 56.9 Å². The predicted molar refractivity (Wildman–Crippen MR) is 150 cm³/mol. The van der Waals surface area contributed by atoms with Crippen LogP contribution in [0.25, 0.3) is 10.8 Å². The number of cyclic esters (lactones) is 1. The summed E-state index contributed by atoms with van der Waals surface area (Å²) >= 11 is 0. The van der Waals surface area contributed by atoms with Crippen molar-refractivity contribution in [1.29, 1.82) is 0 Å². The van der Waals surface area contributed by atoms with Crippen LogP contribution in [0.3, 0.4) is 0 Å². The van der Waals surface area contributed by atoms with Gasteiger partial charge < -0.3 is 24.4 Å². The molecule has 6 atom stereocenters. The van der Waals surface area contributed by atoms with Gasteiger partial charge in [-0.05, 0) is 48.1 Å². The first-order valence-corrected chi connectivity index (χ1v) is 14.3. The van der Waals surface area contributed by atoms with Crippen LogP contribution < -0.4 is 4.90 Å². The van der Waals surface area contributed by atoms with E-state index in [2.05, 4.69) is 0 Å². The number of aliphatic hydroxyl groups excluding tert-OH is 1. The zero-order chi connectivity index (χ0) is 28.0. The first-order chi connectivity index (χ1) is 19.4. The number of likely N-dealkylation sites (tertiary alicyclic amines) is 1. The van der Waals surface area contributed by atoms with Crippen LogP contribution in [0.1, 0.15) is 33.1 Å². The third kappa shape index (κ3) is 4.16. The van der Waals surface area contributed by atoms with Gasteiger partial charge in [-0.3, -0.25) is 14.4 Å². The molecule has 6 rings (SSSR count). The van der Waals surface area contributed by atoms with E-state index >= 15 is 0 Å². The number of nitrogens with zero attached hydrogens (tertiary/aromatic N) is 2. The summed E-state index contributed by atoms with van der Waals surface area (Å²) in [6.07, 6.45) is 9.29. The number of fused-ring (bicyclic) bond motifs is 3. The number of allylic oxidation sites excluding steroid dienone is 1. The Morgan fingerprint density at radius 3 is 2.60 bits per heavy atom. The normalized spacial score (nSPS) is 31.9. The Kier molecular flexibility index (Phi) is 7.00. The van der Waals surface area contributed by atoms with E-state index in [1.165, 1.54) is 4.90 Å². The fourth-order valence-electron chi connectivity index (χ4n) is 6.91. The molecular formula is C32H36N2O6. The molecule has 2 amide bonds. The molecule has 0 aromatic heterocycles. The number of hydrogen-bond donors (Lipinski definition) is 1. The minimum Gasteiger partial charge on any atom is -0.465 e. The van der Waals surface area contributed by atoms with Crippen molar-refractivity contribution in [2.75, 3.05) is 24.7 Å². The summed E-state index contributed by atoms with van der Waals surface area (Å²) in [5.41, 5.74) is -0.655. The van der Waals surface area contributed by atoms with Gasteiger partial charge in [-0.2, -0.15) is 0 Å². The summed E-state index contributed by atoms with van der Waals surface area (Å²) in [7, 11) is 0. The summed E-state index contributed by atoms with van der Waals surface area (Å²) in [4.78, 5) is 45.6. The molecule has 2 fully saturated rings. The fourth-order valence-corrected chi connectivity index (χ4v) is 6.91. The van der Waals surface area contributed by atoms with Gasteiger partial charge in [-0.25, -0.2) is 0 Å². The number of ether oxygens (including phenoxy) is 2. The third-order valence-electron chi connectivity index (χ3n) is 8.90. The van der Waals surface area contributed by atoms with Crippen molar-refractivity contribution < 1.29 is 29.0 Å². The Morgan fingerprint density at radius 1 is 1.02 bits per heavy atom. The molecular weight excluding hydrogens is 508 g/mol. The second-order valence-electron chi connectivity index (χ2n) is 11.6. The van der Waals surface area contributed by atoms with Crippen molar-refractivity contribution >= 4 is 34.2 Å². The van der Waals surface area contributed by atoms with E-state index in [4.69, 9.17) is 9.47 Å². The van der Waals surface area contributed by atoms with Gasteiger partial charge in [0.15, 0.2) is 0 Å². The third-order valence-corrected chi connectivity index (χ3v) is 8.90. The average molecular weight is 545 g/mol. The highest BCUT2D eigenvalue weighted by atomic mass is 16.6. The van der Waals surface area contributed by atoms with Crippen molar-refractivity contribution in [3.8, 4) is 0 Å². The summed E-state index contributed by atoms with van der Waals surface area (Å²) in [6, 6.07) is 12.1. The summed E-state index contributed by atoms with van der Waals surface area (Å²) in [5.74, 6) is -3.09. The molecule has 0 saturated carbocycles. The Hall–Kier alpha value is -3.49. The highest BCUT2D eigenvalue weighted by Gasteiger charge is 2.72. The number of aliphatic hydroxyl groups is 1. The van der Waals surface area contributed by atoms with Crippen LogP contribution >= 0.6 is 0 Å². The van der Waals surface area contributed by atoms with Gasteiger partial charge in [0, 0.05) is 12.2 Å². The van der Waals surface area contributed by atoms with Crippen LogP contribution in [0.15, 0.2) is 66.8 Å². The maximum absolute atomic E-state index is 14.6. The molecule has 0 aliphatic carbocycles. The molecule has 8 nitrogen and oxygen atoms in total. The molecule has 1 unspecified atom stereocenters. The quantitative estimate of drug-likeness (QED) is 0.467. The van der Waals surface area contributed by atoms with E-state index in [0.29, 0.717) is 5.69 Å². The van der Waals surface area contributed by atoms with Gasteiger partial charge in [0.25, 0.3) is 5.91 Å². The van der Waals surface area contributed by atoms with Gasteiger partial charge in [0.1, 0.15) is 17.6 Å². The lowest BCUT2D eigenvalue weighted by Gasteiger charge is -2.39. The second kappa shape index (κ2) is 10.5. The van der Waals surface area contributed by atoms with Crippen LogP contribution in [0.4, 0.5) is 5.69 Å². The largest absolute Gasteiger partial charge is 0.465 e. The zero-order valence-electron chi connectivity index (χ0n) is 22.9. The average Bonchev–Trinajstić information content (AvgIpc) is 3.33. The SMILES string of the molecule is CC(C)[C@H](CO)N1C(=O)[C@@H]2[C@H]3C(=O)OCCCC/C=C\[C@H]3O[C@@]23C=CCN(c2ccc4ccccc4c2)C(=O)C13. The molecule has 2 aromatic rings. The van der Waals surface area contributed by atoms with Gasteiger partial charge in [0.2, 0.25) is 5.91 Å². The lowest BCUT2D eigenvalue weighted by molar-refractivity contribution is -0.155. The van der Waals surface area contributed by atoms with Gasteiger partial charge in [-0.15, -0.1) is 0 Å². The summed E-state index contributed by atoms with van der Waals surface area (Å²) in [5, 5.41) is 12.5. The maximum atomic E-state index is 14.6. The maximum Gasteiger partial charge on any atom is 0.312 e. The van der Waals surface area contributed by atoms with Crippen LogP contribution in [-0.4, -0.2) is 71.3 Å². The van der Waals surface area contributed by atoms with E-state index in [9.17, 15) is 19.5 Å². The number of esters is 1. The Bertz CT molecular complexity index is 1380. The topological polar surface area (TPSA) is 96.4 Å². The van der Waals surface area contributed by atoms with Gasteiger partial charge in [-0.1, -0.05) is 68.5 Å². The van der Waals surface area contributed by atoms with Gasteiger partial charge >= 0.3 is 5.97 Å². The van der Waals surface area contributed by atoms with E-state index in [1.54, 1.807) is 4.90 Å². The molecule has 0 radical (unpaired) electrons. The molecule has 4 aliphatic heterocycles. The molecule has 0 bridgehead atoms. The molecule has 4 heterocycles. The lowest BCUT2D eigenvalue weighted by Crippen LogP contribution is -2.59. The molecule has 1 spiro atoms. The predicted octanol–water partition coefficient (Wildman–Crippen LogP) is 3.62. The second-order valence-corrected chi connectivity index (χ2v) is 11.6. The minimum atomic E-state index is -1.37. The van der Waals surface area contributed by atoms with Crippen LogP contribution in [0.5, 0.6) is 0 Å². The first kappa shape index (κ1) is 26.7. The zero-order valence-corrected chi connectivity index (χ0v) is 22.9. The number of rotatable bonds is 4. The fraction of sp³-hybridized carbons (Fsp3) is 0.469. The number of amides is 2. The highest BCUT2D eigenvalue weighted by Crippen LogP contribution is 2.54. The number of carbonyl (C=O) groups is 3. The van der Waals surface area contributed by atoms with Crippen molar-refractivity contribution in [2.24, 2.45) is 17.8 Å². The minimum absolute atomic E-state index is 0.134. The number of anilines is 1. The van der Waals surface area contributed by atoms with Crippen molar-refractivity contribution in [3.63, 3.8) is 0 Å². The van der Waals surface area contributed by atoms with Crippen molar-refractivity contribution in [3.05, 3.63) is 66.8 Å². The van der Waals surface area contributed by atoms with Crippen LogP contribution in [-0.2, 0) is 23.9 Å². The lowest BCUT2D eigenvalue weighted by atomic mass is 9.78. The Morgan fingerprint density at radius 2 is 1.82 bits per heavy atom. The first-order valence-electron chi connectivity index (χ1n) is 14.3. The molecule has 40 heavy (non-hydrogen) atoms. The van der Waals surface area contributed by atoms with Crippen LogP contribution in [0.2, 0.25) is 0 Å². The number of carbonyl (C=O) groups excluding carboxylic acids is 3. The molecule has 1 N–H and O–H groups in total. The van der Waals surface area contributed by atoms with E-state index in [-0.39, 0.29) is 37.5 Å². The summed E-state index contributed by atoms with van der Waals surface area (Å²) in [6.45, 7) is 4.09. The van der Waals surface area contributed by atoms with E-state index in [1.807, 2.05) is 80.6 Å². The molecule has 2 saturated heterocycles. The highest BCUT2D eigenvalue weighted by molar-refractivity contribution is 6.06. The molecule has 2 aromatic carbocycles. The smallest absolute Gasteiger partial charge is 0.312 e. The standard InChI is InChI=1S/C32H36N2O6/c1-20(2)24(19-35)34-28-30(37)33(23-14-13-21-10-6-7-11-22(21)18-23)16-9-15-32(28)27(29(34)36)26-25(40-32)12-5-3-4-8-17-39-31(26)38/h5-7,9-15,18,20,24-28,35H,3-4,8,16-17,19H2,1-2H3/b12-5-/t24-,25+,26-,27-,28?,32-/m0/s1. The molecule has 210 valence electrons. The van der Waals surface area contributed by atoms with Gasteiger partial charge in [0.05, 0.1) is 31.3 Å². The van der Waals surface area contributed by atoms with E-state index < -0.39 is 41.6 Å². The Balaban J connectivity index is 1.48. The van der Waals surface area contributed by atoms with Crippen LogP contribution in [0, 0.1) is 17.8 Å². The monoisotopic (exact) mass is 544 g/mol.